The molecule has 0 aliphatic carbocycles. The number of piperazine rings is 1. The number of carbonyl (C=O) groups is 2. The summed E-state index contributed by atoms with van der Waals surface area (Å²) in [5, 5.41) is 1.43. The summed E-state index contributed by atoms with van der Waals surface area (Å²) in [6.07, 6.45) is 0. The molecule has 1 saturated heterocycles. The topological polar surface area (TPSA) is 53.5 Å². The fraction of sp³-hybridized carbons (Fsp3) is 0.227. The maximum absolute atomic E-state index is 13.3. The van der Waals surface area contributed by atoms with Gasteiger partial charge in [-0.25, -0.2) is 9.37 Å². The first-order valence-electron chi connectivity index (χ1n) is 9.60. The van der Waals surface area contributed by atoms with E-state index in [-0.39, 0.29) is 22.4 Å². The van der Waals surface area contributed by atoms with Crippen molar-refractivity contribution in [2.45, 2.75) is 6.92 Å². The van der Waals surface area contributed by atoms with Gasteiger partial charge in [0.15, 0.2) is 0 Å². The number of carbonyl (C=O) groups excluding carboxylic acids is 2. The van der Waals surface area contributed by atoms with Crippen LogP contribution < -0.4 is 0 Å². The quantitative estimate of drug-likeness (QED) is 0.523. The van der Waals surface area contributed by atoms with E-state index >= 15 is 0 Å². The van der Waals surface area contributed by atoms with Crippen LogP contribution in [-0.4, -0.2) is 52.8 Å². The van der Waals surface area contributed by atoms with E-state index in [4.69, 9.17) is 23.2 Å². The molecule has 0 spiro atoms. The van der Waals surface area contributed by atoms with Crippen LogP contribution in [0.3, 0.4) is 0 Å². The third kappa shape index (κ3) is 4.59. The second-order valence-electron chi connectivity index (χ2n) is 7.15. The lowest BCUT2D eigenvalue weighted by molar-refractivity contribution is 0.0537. The Hall–Kier alpha value is -2.48. The number of aryl methyl sites for hydroxylation is 1. The maximum atomic E-state index is 13.3. The maximum Gasteiger partial charge on any atom is 0.265 e. The first-order chi connectivity index (χ1) is 14.8. The predicted octanol–water partition coefficient (Wildman–Crippen LogP) is 5.16. The van der Waals surface area contributed by atoms with Crippen molar-refractivity contribution in [3.05, 3.63) is 74.5 Å². The minimum atomic E-state index is -0.492. The van der Waals surface area contributed by atoms with Crippen molar-refractivity contribution in [2.75, 3.05) is 26.2 Å². The van der Waals surface area contributed by atoms with Gasteiger partial charge in [-0.3, -0.25) is 9.59 Å². The summed E-state index contributed by atoms with van der Waals surface area (Å²) in [6.45, 7) is 3.35. The normalized spacial score (nSPS) is 14.1. The molecule has 2 amide bonds. The molecule has 31 heavy (non-hydrogen) atoms. The van der Waals surface area contributed by atoms with Crippen molar-refractivity contribution < 1.29 is 14.0 Å². The summed E-state index contributed by atoms with van der Waals surface area (Å²) in [5.74, 6) is -0.862. The number of aromatic nitrogens is 1. The first-order valence-corrected chi connectivity index (χ1v) is 11.2. The van der Waals surface area contributed by atoms with Gasteiger partial charge < -0.3 is 9.80 Å². The average Bonchev–Trinajstić information content (AvgIpc) is 3.14. The van der Waals surface area contributed by atoms with Crippen LogP contribution in [-0.2, 0) is 0 Å². The van der Waals surface area contributed by atoms with Gasteiger partial charge in [-0.2, -0.15) is 0 Å². The van der Waals surface area contributed by atoms with Crippen LogP contribution in [0.15, 0.2) is 42.5 Å². The minimum Gasteiger partial charge on any atom is -0.335 e. The van der Waals surface area contributed by atoms with Crippen molar-refractivity contribution in [1.29, 1.82) is 0 Å². The molecular weight excluding hydrogens is 460 g/mol. The Kier molecular flexibility index (Phi) is 6.27. The summed E-state index contributed by atoms with van der Waals surface area (Å²) in [5.41, 5.74) is 1.79. The molecule has 5 nitrogen and oxygen atoms in total. The van der Waals surface area contributed by atoms with Gasteiger partial charge in [0.2, 0.25) is 0 Å². The van der Waals surface area contributed by atoms with E-state index in [1.54, 1.807) is 15.9 Å². The van der Waals surface area contributed by atoms with Gasteiger partial charge in [-0.05, 0) is 37.3 Å². The zero-order valence-corrected chi connectivity index (χ0v) is 18.9. The Morgan fingerprint density at radius 3 is 2.32 bits per heavy atom. The monoisotopic (exact) mass is 477 g/mol. The van der Waals surface area contributed by atoms with Crippen molar-refractivity contribution in [1.82, 2.24) is 14.8 Å². The van der Waals surface area contributed by atoms with Gasteiger partial charge in [-0.1, -0.05) is 35.3 Å². The SMILES string of the molecule is Cc1nc(-c2cccc(Cl)c2)sc1C(=O)N1CCN(C(=O)c2ccc(F)cc2Cl)CC1. The molecule has 1 aliphatic rings. The predicted molar refractivity (Wildman–Crippen MR) is 121 cm³/mol. The Balaban J connectivity index is 1.44. The Morgan fingerprint density at radius 2 is 1.68 bits per heavy atom. The second-order valence-corrected chi connectivity index (χ2v) is 9.00. The lowest BCUT2D eigenvalue weighted by atomic mass is 10.1. The Bertz CT molecular complexity index is 1160. The van der Waals surface area contributed by atoms with Crippen LogP contribution >= 0.6 is 34.5 Å². The first kappa shape index (κ1) is 21.7. The van der Waals surface area contributed by atoms with Crippen molar-refractivity contribution in [3.8, 4) is 10.6 Å². The van der Waals surface area contributed by atoms with Gasteiger partial charge in [0.1, 0.15) is 15.7 Å². The summed E-state index contributed by atoms with van der Waals surface area (Å²) in [4.78, 5) is 34.3. The van der Waals surface area contributed by atoms with Crippen LogP contribution in [0.4, 0.5) is 4.39 Å². The summed E-state index contributed by atoms with van der Waals surface area (Å²) in [7, 11) is 0. The van der Waals surface area contributed by atoms with E-state index in [0.29, 0.717) is 41.8 Å². The summed E-state index contributed by atoms with van der Waals surface area (Å²) in [6, 6.07) is 11.1. The Labute approximate surface area is 193 Å². The number of amides is 2. The summed E-state index contributed by atoms with van der Waals surface area (Å²) < 4.78 is 13.3. The number of nitrogens with zero attached hydrogens (tertiary/aromatic N) is 3. The lowest BCUT2D eigenvalue weighted by Crippen LogP contribution is -2.50. The van der Waals surface area contributed by atoms with Gasteiger partial charge in [0.05, 0.1) is 16.3 Å². The van der Waals surface area contributed by atoms with Crippen LogP contribution in [0.25, 0.3) is 10.6 Å². The van der Waals surface area contributed by atoms with Crippen molar-refractivity contribution in [3.63, 3.8) is 0 Å². The minimum absolute atomic E-state index is 0.0809. The van der Waals surface area contributed by atoms with Gasteiger partial charge >= 0.3 is 0 Å². The fourth-order valence-corrected chi connectivity index (χ4v) is 4.90. The molecule has 0 saturated carbocycles. The molecule has 2 heterocycles. The van der Waals surface area contributed by atoms with Gasteiger partial charge in [0, 0.05) is 36.8 Å². The fourth-order valence-electron chi connectivity index (χ4n) is 3.43. The standard InChI is InChI=1S/C22H18Cl2FN3O2S/c1-13-19(31-20(26-13)14-3-2-4-15(23)11-14)22(30)28-9-7-27(8-10-28)21(29)17-6-5-16(25)12-18(17)24/h2-6,11-12H,7-10H2,1H3. The molecular formula is C22H18Cl2FN3O2S. The molecule has 0 bridgehead atoms. The van der Waals surface area contributed by atoms with E-state index in [0.717, 1.165) is 16.6 Å². The number of hydrogen-bond donors (Lipinski definition) is 0. The van der Waals surface area contributed by atoms with Crippen molar-refractivity contribution in [2.24, 2.45) is 0 Å². The molecule has 1 aliphatic heterocycles. The lowest BCUT2D eigenvalue weighted by Gasteiger charge is -2.34. The highest BCUT2D eigenvalue weighted by Gasteiger charge is 2.28. The summed E-state index contributed by atoms with van der Waals surface area (Å²) >= 11 is 13.4. The van der Waals surface area contributed by atoms with Crippen LogP contribution in [0.5, 0.6) is 0 Å². The highest BCUT2D eigenvalue weighted by atomic mass is 35.5. The second kappa shape index (κ2) is 8.94. The molecule has 160 valence electrons. The highest BCUT2D eigenvalue weighted by molar-refractivity contribution is 7.17. The zero-order valence-electron chi connectivity index (χ0n) is 16.6. The van der Waals surface area contributed by atoms with Crippen LogP contribution in [0.2, 0.25) is 10.0 Å². The van der Waals surface area contributed by atoms with Crippen molar-refractivity contribution >= 4 is 46.4 Å². The molecule has 1 fully saturated rings. The largest absolute Gasteiger partial charge is 0.335 e. The van der Waals surface area contributed by atoms with E-state index in [9.17, 15) is 14.0 Å². The van der Waals surface area contributed by atoms with Gasteiger partial charge in [-0.15, -0.1) is 11.3 Å². The van der Waals surface area contributed by atoms with Gasteiger partial charge in [0.25, 0.3) is 11.8 Å². The molecule has 0 atom stereocenters. The third-order valence-electron chi connectivity index (χ3n) is 5.08. The van der Waals surface area contributed by atoms with E-state index < -0.39 is 5.82 Å². The third-order valence-corrected chi connectivity index (χ3v) is 6.82. The van der Waals surface area contributed by atoms with Crippen LogP contribution in [0, 0.1) is 12.7 Å². The number of benzene rings is 2. The number of halogens is 3. The highest BCUT2D eigenvalue weighted by Crippen LogP contribution is 2.30. The molecule has 2 aromatic carbocycles. The zero-order chi connectivity index (χ0) is 22.1. The molecule has 4 rings (SSSR count). The Morgan fingerprint density at radius 1 is 1.00 bits per heavy atom. The number of thiazole rings is 1. The number of rotatable bonds is 3. The molecule has 0 N–H and O–H groups in total. The average molecular weight is 478 g/mol. The number of hydrogen-bond acceptors (Lipinski definition) is 4. The molecule has 0 radical (unpaired) electrons. The van der Waals surface area contributed by atoms with Crippen LogP contribution in [0.1, 0.15) is 25.7 Å². The molecule has 9 heteroatoms. The van der Waals surface area contributed by atoms with E-state index in [1.165, 1.54) is 23.5 Å². The smallest absolute Gasteiger partial charge is 0.265 e. The molecule has 0 unspecified atom stereocenters. The molecule has 3 aromatic rings. The molecule has 1 aromatic heterocycles. The van der Waals surface area contributed by atoms with E-state index in [1.807, 2.05) is 25.1 Å². The van der Waals surface area contributed by atoms with E-state index in [2.05, 4.69) is 4.98 Å².